The molecular formula is C67H86N12O5. The summed E-state index contributed by atoms with van der Waals surface area (Å²) >= 11 is 0. The molecule has 0 spiro atoms. The Hall–Kier alpha value is -8.34. The second kappa shape index (κ2) is 30.8. The largest absolute Gasteiger partial charge is 0.328 e. The lowest BCUT2D eigenvalue weighted by atomic mass is 10.1. The van der Waals surface area contributed by atoms with Crippen LogP contribution in [-0.4, -0.2) is 87.6 Å². The van der Waals surface area contributed by atoms with Gasteiger partial charge in [-0.1, -0.05) is 47.7 Å². The molecule has 17 nitrogen and oxygen atoms in total. The molecule has 5 heterocycles. The number of hydrogen-bond donors (Lipinski definition) is 0. The first kappa shape index (κ1) is 64.8. The van der Waals surface area contributed by atoms with E-state index in [1.165, 1.54) is 49.9 Å². The van der Waals surface area contributed by atoms with E-state index in [1.54, 1.807) is 39.4 Å². The number of aryl methyl sites for hydroxylation is 14. The fraction of sp³-hybridized carbons (Fsp3) is 0.433. The van der Waals surface area contributed by atoms with Gasteiger partial charge in [-0.05, 0) is 205 Å². The monoisotopic (exact) mass is 1140 g/mol. The van der Waals surface area contributed by atoms with Crippen molar-refractivity contribution < 1.29 is 24.0 Å². The third-order valence-corrected chi connectivity index (χ3v) is 14.4. The number of benzene rings is 5. The number of hydrogen-bond acceptors (Lipinski definition) is 12. The normalized spacial score (nSPS) is 11.0. The molecule has 84 heavy (non-hydrogen) atoms. The van der Waals surface area contributed by atoms with E-state index in [2.05, 4.69) is 127 Å². The van der Waals surface area contributed by atoms with Crippen LogP contribution in [0.25, 0.3) is 55.2 Å². The van der Waals surface area contributed by atoms with Crippen molar-refractivity contribution in [2.45, 2.75) is 194 Å². The first-order valence-electron chi connectivity index (χ1n) is 29.4. The summed E-state index contributed by atoms with van der Waals surface area (Å²) in [5, 5.41) is 16.7. The van der Waals surface area contributed by atoms with Gasteiger partial charge in [-0.15, -0.1) is 5.10 Å². The molecule has 0 amide bonds. The van der Waals surface area contributed by atoms with Crippen LogP contribution in [0.4, 0.5) is 0 Å². The molecule has 444 valence electrons. The molecule has 0 atom stereocenters. The predicted octanol–water partition coefficient (Wildman–Crippen LogP) is 13.6. The molecule has 10 aromatic rings. The Morgan fingerprint density at radius 2 is 0.679 bits per heavy atom. The van der Waals surface area contributed by atoms with E-state index >= 15 is 0 Å². The summed E-state index contributed by atoms with van der Waals surface area (Å²) in [7, 11) is 0. The van der Waals surface area contributed by atoms with Crippen LogP contribution in [-0.2, 0) is 56.7 Å². The fourth-order valence-corrected chi connectivity index (χ4v) is 10.4. The molecule has 0 aliphatic heterocycles. The van der Waals surface area contributed by atoms with Gasteiger partial charge in [0, 0.05) is 58.3 Å². The first-order valence-corrected chi connectivity index (χ1v) is 29.4. The third kappa shape index (κ3) is 18.6. The van der Waals surface area contributed by atoms with E-state index in [4.69, 9.17) is 0 Å². The number of Topliss-reactive ketones (excluding diaryl/α,β-unsaturated/α-hetero) is 5. The molecule has 0 radical (unpaired) electrons. The average molecular weight is 1140 g/mol. The SMILES string of the molecule is CC(=O)CCCn1c(C)nc2c(C)cc(C)cc21.CC(=O)CCCn1c(C)nc2c(C)cc(C)cc21.CC(=O)CCCn1c(C)nc2c(C)cc(C)cc21.CC(=O)CCCn1nc2ccccc2n1.CC(=O)CCCn1nnc2ccccc21. The van der Waals surface area contributed by atoms with Gasteiger partial charge in [0.1, 0.15) is 62.9 Å². The molecule has 0 N–H and O–H groups in total. The van der Waals surface area contributed by atoms with Crippen LogP contribution in [0.5, 0.6) is 0 Å². The summed E-state index contributed by atoms with van der Waals surface area (Å²) in [5.74, 6) is 4.29. The maximum atomic E-state index is 11.0. The summed E-state index contributed by atoms with van der Waals surface area (Å²) in [6.45, 7) is 30.9. The highest BCUT2D eigenvalue weighted by Gasteiger charge is 2.14. The maximum absolute atomic E-state index is 11.0. The number of para-hydroxylation sites is 1. The lowest BCUT2D eigenvalue weighted by molar-refractivity contribution is -0.118. The summed E-state index contributed by atoms with van der Waals surface area (Å²) in [6.07, 6.45) is 7.40. The minimum atomic E-state index is 0.215. The summed E-state index contributed by atoms with van der Waals surface area (Å²) in [4.78, 5) is 70.1. The van der Waals surface area contributed by atoms with Gasteiger partial charge in [0.2, 0.25) is 0 Å². The Morgan fingerprint density at radius 3 is 1.02 bits per heavy atom. The van der Waals surface area contributed by atoms with Gasteiger partial charge >= 0.3 is 0 Å². The van der Waals surface area contributed by atoms with Gasteiger partial charge in [-0.2, -0.15) is 15.0 Å². The molecular weight excluding hydrogens is 1050 g/mol. The number of fused-ring (bicyclic) bond motifs is 5. The zero-order valence-electron chi connectivity index (χ0n) is 52.1. The zero-order chi connectivity index (χ0) is 61.2. The number of nitrogens with zero attached hydrogens (tertiary/aromatic N) is 12. The summed E-state index contributed by atoms with van der Waals surface area (Å²) in [6, 6.07) is 28.6. The van der Waals surface area contributed by atoms with E-state index in [-0.39, 0.29) is 28.9 Å². The maximum Gasteiger partial charge on any atom is 0.129 e. The first-order chi connectivity index (χ1) is 40.0. The quantitative estimate of drug-likeness (QED) is 0.0700. The minimum Gasteiger partial charge on any atom is -0.328 e. The number of rotatable bonds is 20. The Morgan fingerprint density at radius 1 is 0.369 bits per heavy atom. The highest BCUT2D eigenvalue weighted by atomic mass is 16.1. The summed E-state index contributed by atoms with van der Waals surface area (Å²) < 4.78 is 8.51. The molecule has 0 fully saturated rings. The number of aromatic nitrogens is 12. The Bertz CT molecular complexity index is 3610. The van der Waals surface area contributed by atoms with Gasteiger partial charge in [-0.25, -0.2) is 19.6 Å². The Kier molecular flexibility index (Phi) is 23.8. The number of carbonyl (C=O) groups excluding carboxylic acids is 5. The number of ketones is 5. The van der Waals surface area contributed by atoms with Crippen molar-refractivity contribution in [3.8, 4) is 0 Å². The van der Waals surface area contributed by atoms with Crippen molar-refractivity contribution >= 4 is 84.1 Å². The Balaban J connectivity index is 0.000000169. The van der Waals surface area contributed by atoms with Crippen molar-refractivity contribution in [3.05, 3.63) is 136 Å². The number of carbonyl (C=O) groups is 5. The Labute approximate surface area is 494 Å². The molecule has 0 bridgehead atoms. The van der Waals surface area contributed by atoms with Gasteiger partial charge in [0.25, 0.3) is 0 Å². The standard InChI is InChI=1S/3C15H20N2O.2C11H13N3O/c3*1-10-8-11(2)15-14(9-10)17(13(4)16-15)7-5-6-12(3)18;1-9(15)5-4-8-14-11-7-3-2-6-10(11)12-13-14;1-9(15)5-4-8-14-12-10-6-2-3-7-11(10)13-14/h3*8-9H,5-7H2,1-4H3;2*2-3,6-7H,4-5,8H2,1H3. The van der Waals surface area contributed by atoms with Gasteiger partial charge in [0.15, 0.2) is 0 Å². The van der Waals surface area contributed by atoms with E-state index in [1.807, 2.05) is 74.0 Å². The van der Waals surface area contributed by atoms with Crippen molar-refractivity contribution in [3.63, 3.8) is 0 Å². The van der Waals surface area contributed by atoms with Crippen molar-refractivity contribution in [2.24, 2.45) is 0 Å². The topological polar surface area (TPSA) is 200 Å². The van der Waals surface area contributed by atoms with Crippen LogP contribution in [0.15, 0.2) is 84.9 Å². The van der Waals surface area contributed by atoms with Crippen LogP contribution in [0.3, 0.4) is 0 Å². The highest BCUT2D eigenvalue weighted by Crippen LogP contribution is 2.25. The van der Waals surface area contributed by atoms with Crippen LogP contribution in [0, 0.1) is 62.3 Å². The molecule has 0 aliphatic rings. The van der Waals surface area contributed by atoms with E-state index in [0.717, 1.165) is 114 Å². The average Bonchev–Trinajstić information content (AvgIpc) is 2.92. The third-order valence-electron chi connectivity index (χ3n) is 14.4. The van der Waals surface area contributed by atoms with E-state index in [9.17, 15) is 24.0 Å². The highest BCUT2D eigenvalue weighted by molar-refractivity contribution is 5.83. The lowest BCUT2D eigenvalue weighted by Gasteiger charge is -2.07. The zero-order valence-corrected chi connectivity index (χ0v) is 52.1. The summed E-state index contributed by atoms with van der Waals surface area (Å²) in [5.41, 5.74) is 18.0. The van der Waals surface area contributed by atoms with Gasteiger partial charge in [0.05, 0.1) is 45.2 Å². The molecule has 0 saturated carbocycles. The van der Waals surface area contributed by atoms with E-state index in [0.29, 0.717) is 38.6 Å². The molecule has 0 unspecified atom stereocenters. The fourth-order valence-electron chi connectivity index (χ4n) is 10.4. The second-order valence-corrected chi connectivity index (χ2v) is 22.4. The van der Waals surface area contributed by atoms with E-state index < -0.39 is 0 Å². The van der Waals surface area contributed by atoms with Crippen LogP contribution in [0.1, 0.15) is 150 Å². The molecule has 5 aromatic carbocycles. The molecule has 10 rings (SSSR count). The number of imidazole rings is 3. The van der Waals surface area contributed by atoms with Crippen LogP contribution < -0.4 is 0 Å². The minimum absolute atomic E-state index is 0.215. The van der Waals surface area contributed by atoms with Gasteiger partial charge < -0.3 is 37.7 Å². The molecule has 17 heteroatoms. The van der Waals surface area contributed by atoms with Gasteiger partial charge in [-0.3, -0.25) is 0 Å². The van der Waals surface area contributed by atoms with Crippen molar-refractivity contribution in [2.75, 3.05) is 0 Å². The smallest absolute Gasteiger partial charge is 0.129 e. The van der Waals surface area contributed by atoms with Crippen LogP contribution in [0.2, 0.25) is 0 Å². The molecule has 5 aromatic heterocycles. The second-order valence-electron chi connectivity index (χ2n) is 22.4. The van der Waals surface area contributed by atoms with Crippen LogP contribution >= 0.6 is 0 Å². The van der Waals surface area contributed by atoms with Crippen molar-refractivity contribution in [1.29, 1.82) is 0 Å². The lowest BCUT2D eigenvalue weighted by Crippen LogP contribution is -2.03. The predicted molar refractivity (Wildman–Crippen MR) is 336 cm³/mol. The molecule has 0 aliphatic carbocycles. The molecule has 0 saturated heterocycles. The van der Waals surface area contributed by atoms with Crippen molar-refractivity contribution in [1.82, 2.24) is 58.6 Å².